The van der Waals surface area contributed by atoms with E-state index in [2.05, 4.69) is 48.6 Å². The highest BCUT2D eigenvalue weighted by Gasteiger charge is 2.27. The maximum absolute atomic E-state index is 13.3. The number of H-pyrrole nitrogens is 1. The normalized spacial score (nSPS) is 12.7. The Morgan fingerprint density at radius 2 is 1.73 bits per heavy atom. The fourth-order valence-electron chi connectivity index (χ4n) is 3.97. The van der Waals surface area contributed by atoms with Gasteiger partial charge in [0.25, 0.3) is 5.91 Å². The van der Waals surface area contributed by atoms with Crippen molar-refractivity contribution >= 4 is 27.8 Å². The molecule has 0 aliphatic heterocycles. The average molecular weight is 402 g/mol. The van der Waals surface area contributed by atoms with Crippen molar-refractivity contribution in [1.82, 2.24) is 19.9 Å². The van der Waals surface area contributed by atoms with E-state index in [-0.39, 0.29) is 29.5 Å². The van der Waals surface area contributed by atoms with Crippen molar-refractivity contribution in [1.29, 1.82) is 0 Å². The lowest BCUT2D eigenvalue weighted by Gasteiger charge is -2.25. The Hall–Kier alpha value is -3.41. The quantitative estimate of drug-likeness (QED) is 0.513. The Kier molecular flexibility index (Phi) is 5.16. The Bertz CT molecular complexity index is 1280. The van der Waals surface area contributed by atoms with E-state index in [0.717, 1.165) is 22.2 Å². The van der Waals surface area contributed by atoms with Crippen LogP contribution in [-0.4, -0.2) is 20.4 Å². The van der Waals surface area contributed by atoms with Gasteiger partial charge in [0.05, 0.1) is 22.6 Å². The zero-order valence-electron chi connectivity index (χ0n) is 17.6. The molecule has 2 aromatic heterocycles. The zero-order chi connectivity index (χ0) is 21.4. The first-order valence-electron chi connectivity index (χ1n) is 10.3. The number of fused-ring (bicyclic) bond motifs is 2. The SMILES string of the molecule is CC(C)[C@@H](NC(=O)c1cc(=O)[nH]c2ccccc12)c1nc2ccccc2n1C(C)C. The summed E-state index contributed by atoms with van der Waals surface area (Å²) in [5, 5.41) is 3.87. The molecule has 4 rings (SSSR count). The van der Waals surface area contributed by atoms with Gasteiger partial charge in [0.15, 0.2) is 0 Å². The molecule has 30 heavy (non-hydrogen) atoms. The predicted octanol–water partition coefficient (Wildman–Crippen LogP) is 4.59. The number of aromatic nitrogens is 3. The molecule has 2 aromatic carbocycles. The van der Waals surface area contributed by atoms with Gasteiger partial charge in [0.2, 0.25) is 5.56 Å². The number of hydrogen-bond acceptors (Lipinski definition) is 3. The van der Waals surface area contributed by atoms with E-state index in [4.69, 9.17) is 4.98 Å². The molecule has 0 unspecified atom stereocenters. The zero-order valence-corrected chi connectivity index (χ0v) is 17.6. The Labute approximate surface area is 175 Å². The van der Waals surface area contributed by atoms with E-state index in [0.29, 0.717) is 11.1 Å². The molecule has 154 valence electrons. The largest absolute Gasteiger partial charge is 0.342 e. The molecule has 0 aliphatic rings. The summed E-state index contributed by atoms with van der Waals surface area (Å²) in [6.45, 7) is 8.35. The Morgan fingerprint density at radius 3 is 2.47 bits per heavy atom. The first-order chi connectivity index (χ1) is 14.4. The van der Waals surface area contributed by atoms with Gasteiger partial charge in [-0.2, -0.15) is 0 Å². The summed E-state index contributed by atoms with van der Waals surface area (Å²) in [7, 11) is 0. The lowest BCUT2D eigenvalue weighted by Crippen LogP contribution is -2.34. The lowest BCUT2D eigenvalue weighted by atomic mass is 10.0. The number of pyridine rings is 1. The second-order valence-electron chi connectivity index (χ2n) is 8.21. The van der Waals surface area contributed by atoms with Crippen molar-refractivity contribution in [3.63, 3.8) is 0 Å². The van der Waals surface area contributed by atoms with Crippen LogP contribution in [0.1, 0.15) is 56.0 Å². The average Bonchev–Trinajstić information content (AvgIpc) is 3.10. The lowest BCUT2D eigenvalue weighted by molar-refractivity contribution is 0.0923. The van der Waals surface area contributed by atoms with Crippen LogP contribution < -0.4 is 10.9 Å². The summed E-state index contributed by atoms with van der Waals surface area (Å²) >= 11 is 0. The molecule has 0 bridgehead atoms. The van der Waals surface area contributed by atoms with Gasteiger partial charge in [-0.15, -0.1) is 0 Å². The molecular formula is C24H26N4O2. The van der Waals surface area contributed by atoms with Crippen LogP contribution in [0, 0.1) is 5.92 Å². The number of aromatic amines is 1. The second-order valence-corrected chi connectivity index (χ2v) is 8.21. The summed E-state index contributed by atoms with van der Waals surface area (Å²) < 4.78 is 2.18. The summed E-state index contributed by atoms with van der Waals surface area (Å²) in [4.78, 5) is 33.0. The fraction of sp³-hybridized carbons (Fsp3) is 0.292. The molecule has 0 saturated carbocycles. The van der Waals surface area contributed by atoms with E-state index in [1.807, 2.05) is 36.4 Å². The molecule has 2 N–H and O–H groups in total. The molecular weight excluding hydrogens is 376 g/mol. The molecule has 1 amide bonds. The maximum Gasteiger partial charge on any atom is 0.252 e. The van der Waals surface area contributed by atoms with Crippen molar-refractivity contribution in [2.24, 2.45) is 5.92 Å². The van der Waals surface area contributed by atoms with Crippen LogP contribution in [0.5, 0.6) is 0 Å². The third-order valence-corrected chi connectivity index (χ3v) is 5.37. The van der Waals surface area contributed by atoms with Crippen LogP contribution in [0.25, 0.3) is 21.9 Å². The number of nitrogens with one attached hydrogen (secondary N) is 2. The molecule has 0 saturated heterocycles. The number of carbonyl (C=O) groups is 1. The number of rotatable bonds is 5. The number of imidazole rings is 1. The van der Waals surface area contributed by atoms with Crippen LogP contribution in [0.4, 0.5) is 0 Å². The summed E-state index contributed by atoms with van der Waals surface area (Å²) in [6, 6.07) is 16.6. The predicted molar refractivity (Wildman–Crippen MR) is 120 cm³/mol. The van der Waals surface area contributed by atoms with Gasteiger partial charge in [-0.1, -0.05) is 44.2 Å². The van der Waals surface area contributed by atoms with Crippen molar-refractivity contribution in [3.05, 3.63) is 76.3 Å². The minimum Gasteiger partial charge on any atom is -0.342 e. The molecule has 0 spiro atoms. The number of para-hydroxylation sites is 3. The number of benzene rings is 2. The second kappa shape index (κ2) is 7.78. The van der Waals surface area contributed by atoms with Crippen LogP contribution in [-0.2, 0) is 0 Å². The Morgan fingerprint density at radius 1 is 1.03 bits per heavy atom. The number of amides is 1. The first-order valence-corrected chi connectivity index (χ1v) is 10.3. The molecule has 0 fully saturated rings. The first kappa shape index (κ1) is 19.9. The van der Waals surface area contributed by atoms with Crippen molar-refractivity contribution in [3.8, 4) is 0 Å². The van der Waals surface area contributed by atoms with Gasteiger partial charge < -0.3 is 14.9 Å². The number of carbonyl (C=O) groups excluding carboxylic acids is 1. The van der Waals surface area contributed by atoms with E-state index in [1.54, 1.807) is 6.07 Å². The minimum absolute atomic E-state index is 0.108. The van der Waals surface area contributed by atoms with Crippen LogP contribution in [0.15, 0.2) is 59.4 Å². The topological polar surface area (TPSA) is 79.8 Å². The highest BCUT2D eigenvalue weighted by molar-refractivity contribution is 6.06. The molecule has 1 atom stereocenters. The summed E-state index contributed by atoms with van der Waals surface area (Å²) in [5.41, 5.74) is 2.67. The van der Waals surface area contributed by atoms with Crippen molar-refractivity contribution in [2.75, 3.05) is 0 Å². The third kappa shape index (κ3) is 3.49. The number of hydrogen-bond donors (Lipinski definition) is 2. The molecule has 0 aliphatic carbocycles. The molecule has 0 radical (unpaired) electrons. The van der Waals surface area contributed by atoms with Gasteiger partial charge >= 0.3 is 0 Å². The van der Waals surface area contributed by atoms with Gasteiger partial charge in [-0.25, -0.2) is 4.98 Å². The summed E-state index contributed by atoms with van der Waals surface area (Å²) in [6.07, 6.45) is 0. The monoisotopic (exact) mass is 402 g/mol. The van der Waals surface area contributed by atoms with E-state index >= 15 is 0 Å². The number of nitrogens with zero attached hydrogens (tertiary/aromatic N) is 2. The van der Waals surface area contributed by atoms with Crippen LogP contribution in [0.2, 0.25) is 0 Å². The van der Waals surface area contributed by atoms with Gasteiger partial charge in [-0.05, 0) is 38.0 Å². The van der Waals surface area contributed by atoms with E-state index < -0.39 is 0 Å². The van der Waals surface area contributed by atoms with Crippen LogP contribution >= 0.6 is 0 Å². The fourth-order valence-corrected chi connectivity index (χ4v) is 3.97. The van der Waals surface area contributed by atoms with Crippen LogP contribution in [0.3, 0.4) is 0 Å². The van der Waals surface area contributed by atoms with E-state index in [9.17, 15) is 9.59 Å². The molecule has 2 heterocycles. The molecule has 6 nitrogen and oxygen atoms in total. The standard InChI is InChI=1S/C24H26N4O2/c1-14(2)22(23-26-19-11-7-8-12-20(19)28(23)15(3)4)27-24(30)17-13-21(29)25-18-10-6-5-9-16(17)18/h5-15,22H,1-4H3,(H,25,29)(H,27,30)/t22-/m1/s1. The van der Waals surface area contributed by atoms with Gasteiger partial charge in [-0.3, -0.25) is 9.59 Å². The molecule has 6 heteroatoms. The van der Waals surface area contributed by atoms with Gasteiger partial charge in [0.1, 0.15) is 5.82 Å². The van der Waals surface area contributed by atoms with Crippen molar-refractivity contribution < 1.29 is 4.79 Å². The highest BCUT2D eigenvalue weighted by atomic mass is 16.2. The Balaban J connectivity index is 1.80. The third-order valence-electron chi connectivity index (χ3n) is 5.37. The van der Waals surface area contributed by atoms with Crippen molar-refractivity contribution in [2.45, 2.75) is 39.8 Å². The summed E-state index contributed by atoms with van der Waals surface area (Å²) in [5.74, 6) is 0.651. The highest BCUT2D eigenvalue weighted by Crippen LogP contribution is 2.29. The molecule has 4 aromatic rings. The maximum atomic E-state index is 13.3. The van der Waals surface area contributed by atoms with Gasteiger partial charge in [0, 0.05) is 23.0 Å². The minimum atomic E-state index is -0.301. The van der Waals surface area contributed by atoms with E-state index in [1.165, 1.54) is 6.07 Å². The smallest absolute Gasteiger partial charge is 0.252 e.